The van der Waals surface area contributed by atoms with E-state index in [0.717, 1.165) is 12.5 Å². The van der Waals surface area contributed by atoms with Gasteiger partial charge in [-0.25, -0.2) is 4.39 Å². The molecule has 0 spiro atoms. The van der Waals surface area contributed by atoms with Crippen molar-refractivity contribution in [3.05, 3.63) is 62.7 Å². The highest BCUT2D eigenvalue weighted by molar-refractivity contribution is 9.10. The van der Waals surface area contributed by atoms with Crippen molar-refractivity contribution in [1.29, 1.82) is 0 Å². The molecule has 0 bridgehead atoms. The number of rotatable bonds is 8. The van der Waals surface area contributed by atoms with Crippen LogP contribution in [0.15, 0.2) is 51.3 Å². The van der Waals surface area contributed by atoms with Crippen LogP contribution in [0.25, 0.3) is 0 Å². The van der Waals surface area contributed by atoms with Gasteiger partial charge in [-0.3, -0.25) is 15.4 Å². The Morgan fingerprint density at radius 3 is 2.73 bits per heavy atom. The Balaban J connectivity index is 3.28. The minimum Gasteiger partial charge on any atom is -0.499 e. The maximum atomic E-state index is 13.7. The van der Waals surface area contributed by atoms with Crippen LogP contribution in [0.5, 0.6) is 0 Å². The molecule has 1 aromatic carbocycles. The lowest BCUT2D eigenvalue weighted by molar-refractivity contribution is -0.0298. The molecule has 0 aliphatic rings. The summed E-state index contributed by atoms with van der Waals surface area (Å²) in [4.78, 5) is 11.6. The molecule has 1 rings (SSSR count). The Bertz CT molecular complexity index is 766. The Kier molecular flexibility index (Phi) is 8.64. The Labute approximate surface area is 164 Å². The molecule has 0 aromatic heterocycles. The lowest BCUT2D eigenvalue weighted by atomic mass is 10.1. The lowest BCUT2D eigenvalue weighted by Gasteiger charge is -2.23. The second-order valence-corrected chi connectivity index (χ2v) is 6.29. The van der Waals surface area contributed by atoms with E-state index in [2.05, 4.69) is 21.4 Å². The summed E-state index contributed by atoms with van der Waals surface area (Å²) in [6, 6.07) is 2.39. The van der Waals surface area contributed by atoms with Crippen LogP contribution in [0.1, 0.15) is 30.6 Å². The number of halogens is 3. The standard InChI is InChI=1S/C17H20BrClFN3O3/c1-4-5-6-11(19)9-14(10(2)26-3)23(25)22-13-8-7-12(20)16(18)15(13)17(21)24/h5-9,22,25H,4H2,1-3H3,(H2,21,24)/b6-5+,11-9+,14-10-. The lowest BCUT2D eigenvalue weighted by Crippen LogP contribution is -2.28. The molecule has 0 fully saturated rings. The van der Waals surface area contributed by atoms with Gasteiger partial charge in [0.25, 0.3) is 5.91 Å². The molecule has 26 heavy (non-hydrogen) atoms. The summed E-state index contributed by atoms with van der Waals surface area (Å²) >= 11 is 9.09. The second kappa shape index (κ2) is 10.2. The van der Waals surface area contributed by atoms with E-state index < -0.39 is 11.7 Å². The molecule has 6 nitrogen and oxygen atoms in total. The SMILES string of the molecule is CC/C=C/C(Cl)=C\C(=C(/C)OC)N(O)Nc1ccc(F)c(Br)c1C(N)=O. The van der Waals surface area contributed by atoms with E-state index in [1.165, 1.54) is 19.3 Å². The van der Waals surface area contributed by atoms with Crippen LogP contribution in [0.4, 0.5) is 10.1 Å². The summed E-state index contributed by atoms with van der Waals surface area (Å²) in [5, 5.41) is 11.3. The van der Waals surface area contributed by atoms with Gasteiger partial charge in [0.2, 0.25) is 0 Å². The number of carbonyl (C=O) groups excluding carboxylic acids is 1. The van der Waals surface area contributed by atoms with Gasteiger partial charge in [-0.15, -0.1) is 0 Å². The number of nitrogens with zero attached hydrogens (tertiary/aromatic N) is 1. The highest BCUT2D eigenvalue weighted by atomic mass is 79.9. The highest BCUT2D eigenvalue weighted by Crippen LogP contribution is 2.28. The second-order valence-electron chi connectivity index (χ2n) is 5.06. The number of hydroxylamine groups is 1. The molecule has 142 valence electrons. The monoisotopic (exact) mass is 447 g/mol. The maximum Gasteiger partial charge on any atom is 0.252 e. The van der Waals surface area contributed by atoms with E-state index in [0.29, 0.717) is 16.0 Å². The largest absolute Gasteiger partial charge is 0.499 e. The summed E-state index contributed by atoms with van der Waals surface area (Å²) in [5.74, 6) is -1.20. The summed E-state index contributed by atoms with van der Waals surface area (Å²) < 4.78 is 18.7. The molecule has 0 atom stereocenters. The number of carbonyl (C=O) groups is 1. The van der Waals surface area contributed by atoms with E-state index in [9.17, 15) is 14.4 Å². The van der Waals surface area contributed by atoms with Gasteiger partial charge in [0.15, 0.2) is 0 Å². The number of ether oxygens (including phenoxy) is 1. The van der Waals surface area contributed by atoms with Gasteiger partial charge >= 0.3 is 0 Å². The number of hydrazine groups is 1. The number of benzene rings is 1. The maximum absolute atomic E-state index is 13.7. The number of anilines is 1. The van der Waals surface area contributed by atoms with Crippen molar-refractivity contribution in [2.24, 2.45) is 5.73 Å². The van der Waals surface area contributed by atoms with Gasteiger partial charge in [0.1, 0.15) is 17.3 Å². The zero-order valence-electron chi connectivity index (χ0n) is 14.5. The van der Waals surface area contributed by atoms with Crippen molar-refractivity contribution >= 4 is 39.1 Å². The van der Waals surface area contributed by atoms with Crippen molar-refractivity contribution in [3.8, 4) is 0 Å². The van der Waals surface area contributed by atoms with Crippen LogP contribution in [-0.2, 0) is 4.74 Å². The van der Waals surface area contributed by atoms with Gasteiger partial charge in [-0.1, -0.05) is 24.6 Å². The number of nitrogens with two attached hydrogens (primary N) is 1. The van der Waals surface area contributed by atoms with Crippen molar-refractivity contribution in [3.63, 3.8) is 0 Å². The van der Waals surface area contributed by atoms with E-state index in [4.69, 9.17) is 22.1 Å². The first kappa shape index (κ1) is 22.0. The molecule has 0 radical (unpaired) electrons. The van der Waals surface area contributed by atoms with Crippen LogP contribution in [0.3, 0.4) is 0 Å². The molecular weight excluding hydrogens is 429 g/mol. The third kappa shape index (κ3) is 5.76. The molecule has 0 aliphatic carbocycles. The summed E-state index contributed by atoms with van der Waals surface area (Å²) in [6.07, 6.45) is 5.76. The van der Waals surface area contributed by atoms with Crippen molar-refractivity contribution < 1.29 is 19.1 Å². The molecule has 4 N–H and O–H groups in total. The van der Waals surface area contributed by atoms with E-state index in [-0.39, 0.29) is 21.4 Å². The number of methoxy groups -OCH3 is 1. The van der Waals surface area contributed by atoms with Crippen molar-refractivity contribution in [2.45, 2.75) is 20.3 Å². The topological polar surface area (TPSA) is 87.8 Å². The number of allylic oxidation sites excluding steroid dienone is 5. The Hall–Kier alpha value is -2.03. The van der Waals surface area contributed by atoms with Gasteiger partial charge in [-0.05, 0) is 53.6 Å². The molecule has 0 unspecified atom stereocenters. The van der Waals surface area contributed by atoms with Crippen LogP contribution in [0.2, 0.25) is 0 Å². The number of amides is 1. The van der Waals surface area contributed by atoms with Crippen molar-refractivity contribution in [1.82, 2.24) is 5.17 Å². The number of hydrogen-bond donors (Lipinski definition) is 3. The van der Waals surface area contributed by atoms with Crippen LogP contribution in [-0.4, -0.2) is 23.4 Å². The fraction of sp³-hybridized carbons (Fsp3) is 0.235. The fourth-order valence-corrected chi connectivity index (χ4v) is 2.62. The fourth-order valence-electron chi connectivity index (χ4n) is 1.88. The summed E-state index contributed by atoms with van der Waals surface area (Å²) in [7, 11) is 1.43. The third-order valence-electron chi connectivity index (χ3n) is 3.25. The van der Waals surface area contributed by atoms with E-state index >= 15 is 0 Å². The zero-order valence-corrected chi connectivity index (χ0v) is 16.9. The average Bonchev–Trinajstić information content (AvgIpc) is 2.59. The number of hydrogen-bond acceptors (Lipinski definition) is 5. The van der Waals surface area contributed by atoms with Crippen LogP contribution in [0, 0.1) is 5.82 Å². The molecule has 0 aliphatic heterocycles. The van der Waals surface area contributed by atoms with Crippen LogP contribution < -0.4 is 11.2 Å². The summed E-state index contributed by atoms with van der Waals surface area (Å²) in [5.41, 5.74) is 7.97. The van der Waals surface area contributed by atoms with Crippen LogP contribution >= 0.6 is 27.5 Å². The minimum atomic E-state index is -0.874. The molecule has 9 heteroatoms. The van der Waals surface area contributed by atoms with Gasteiger partial charge in [0.05, 0.1) is 22.8 Å². The predicted octanol–water partition coefficient (Wildman–Crippen LogP) is 4.67. The molecule has 0 saturated heterocycles. The zero-order chi connectivity index (χ0) is 19.9. The Morgan fingerprint density at radius 1 is 1.54 bits per heavy atom. The first-order valence-electron chi connectivity index (χ1n) is 7.54. The molecule has 0 heterocycles. The average molecular weight is 449 g/mol. The van der Waals surface area contributed by atoms with Gasteiger partial charge in [0, 0.05) is 5.03 Å². The van der Waals surface area contributed by atoms with E-state index in [1.54, 1.807) is 13.0 Å². The van der Waals surface area contributed by atoms with Gasteiger partial charge < -0.3 is 10.5 Å². The molecule has 1 aromatic rings. The number of primary amides is 1. The molecular formula is C17H20BrClFN3O3. The highest BCUT2D eigenvalue weighted by Gasteiger charge is 2.19. The Morgan fingerprint density at radius 2 is 2.19 bits per heavy atom. The normalized spacial score (nSPS) is 12.8. The predicted molar refractivity (Wildman–Crippen MR) is 103 cm³/mol. The van der Waals surface area contributed by atoms with E-state index in [1.807, 2.05) is 13.0 Å². The first-order valence-corrected chi connectivity index (χ1v) is 8.72. The number of nitrogens with one attached hydrogen (secondary N) is 1. The van der Waals surface area contributed by atoms with Gasteiger partial charge in [-0.2, -0.15) is 5.17 Å². The smallest absolute Gasteiger partial charge is 0.252 e. The third-order valence-corrected chi connectivity index (χ3v) is 4.26. The molecule has 0 saturated carbocycles. The minimum absolute atomic E-state index is 0.0864. The first-order chi connectivity index (χ1) is 12.2. The van der Waals surface area contributed by atoms with Crippen molar-refractivity contribution in [2.75, 3.05) is 12.5 Å². The molecule has 1 amide bonds. The summed E-state index contributed by atoms with van der Waals surface area (Å²) in [6.45, 7) is 3.56. The quantitative estimate of drug-likeness (QED) is 0.305.